The molecule has 1 unspecified atom stereocenters. The van der Waals surface area contributed by atoms with E-state index in [0.717, 1.165) is 0 Å². The van der Waals surface area contributed by atoms with Gasteiger partial charge in [0.05, 0.1) is 5.60 Å². The Kier molecular flexibility index (Phi) is 4.28. The van der Waals surface area contributed by atoms with E-state index in [1.807, 2.05) is 20.8 Å². The first-order valence-electron chi connectivity index (χ1n) is 5.91. The fourth-order valence-corrected chi connectivity index (χ4v) is 1.35. The van der Waals surface area contributed by atoms with Gasteiger partial charge >= 0.3 is 0 Å². The molecular formula is C12H21N3O2. The summed E-state index contributed by atoms with van der Waals surface area (Å²) in [6.07, 6.45) is 3.87. The summed E-state index contributed by atoms with van der Waals surface area (Å²) >= 11 is 0. The Balaban J connectivity index is 2.86. The van der Waals surface area contributed by atoms with Crippen LogP contribution in [0.15, 0.2) is 17.2 Å². The van der Waals surface area contributed by atoms with E-state index in [1.54, 1.807) is 23.9 Å². The molecule has 0 bridgehead atoms. The summed E-state index contributed by atoms with van der Waals surface area (Å²) < 4.78 is 1.61. The molecule has 0 spiro atoms. The zero-order valence-corrected chi connectivity index (χ0v) is 10.9. The smallest absolute Gasteiger partial charge is 0.293 e. The van der Waals surface area contributed by atoms with Crippen molar-refractivity contribution in [3.05, 3.63) is 22.7 Å². The van der Waals surface area contributed by atoms with Gasteiger partial charge < -0.3 is 15.0 Å². The molecule has 1 heterocycles. The minimum absolute atomic E-state index is 0.0951. The Morgan fingerprint density at radius 2 is 2.24 bits per heavy atom. The van der Waals surface area contributed by atoms with Crippen molar-refractivity contribution in [1.29, 1.82) is 0 Å². The monoisotopic (exact) mass is 239 g/mol. The maximum Gasteiger partial charge on any atom is 0.293 e. The molecular weight excluding hydrogens is 218 g/mol. The van der Waals surface area contributed by atoms with Gasteiger partial charge in [-0.2, -0.15) is 0 Å². The number of nitrogens with one attached hydrogen (secondary N) is 1. The zero-order chi connectivity index (χ0) is 13.1. The van der Waals surface area contributed by atoms with E-state index in [1.165, 1.54) is 0 Å². The first kappa shape index (κ1) is 13.7. The lowest BCUT2D eigenvalue weighted by atomic mass is 10.0. The molecule has 1 aromatic rings. The lowest BCUT2D eigenvalue weighted by Gasteiger charge is -2.22. The fourth-order valence-electron chi connectivity index (χ4n) is 1.35. The van der Waals surface area contributed by atoms with Gasteiger partial charge in [-0.25, -0.2) is 4.98 Å². The summed E-state index contributed by atoms with van der Waals surface area (Å²) in [5, 5.41) is 12.8. The second-order valence-corrected chi connectivity index (χ2v) is 4.79. The third-order valence-electron chi connectivity index (χ3n) is 2.82. The Morgan fingerprint density at radius 1 is 1.59 bits per heavy atom. The minimum Gasteiger partial charge on any atom is -0.388 e. The van der Waals surface area contributed by atoms with Gasteiger partial charge in [0.25, 0.3) is 5.56 Å². The SMILES string of the molecule is CCC(C)(O)CNc1nccn(C(C)C)c1=O. The van der Waals surface area contributed by atoms with Crippen LogP contribution in [0.2, 0.25) is 0 Å². The van der Waals surface area contributed by atoms with Crippen LogP contribution < -0.4 is 10.9 Å². The van der Waals surface area contributed by atoms with Crippen molar-refractivity contribution in [3.8, 4) is 0 Å². The maximum absolute atomic E-state index is 12.0. The van der Waals surface area contributed by atoms with Crippen LogP contribution in [-0.2, 0) is 0 Å². The van der Waals surface area contributed by atoms with Crippen molar-refractivity contribution in [1.82, 2.24) is 9.55 Å². The molecule has 1 aromatic heterocycles. The van der Waals surface area contributed by atoms with Crippen molar-refractivity contribution in [2.24, 2.45) is 0 Å². The van der Waals surface area contributed by atoms with Crippen molar-refractivity contribution < 1.29 is 5.11 Å². The van der Waals surface area contributed by atoms with Crippen LogP contribution in [0, 0.1) is 0 Å². The van der Waals surface area contributed by atoms with E-state index in [2.05, 4.69) is 10.3 Å². The van der Waals surface area contributed by atoms with Crippen molar-refractivity contribution in [3.63, 3.8) is 0 Å². The molecule has 0 fully saturated rings. The molecule has 0 aliphatic rings. The van der Waals surface area contributed by atoms with Gasteiger partial charge in [0.2, 0.25) is 0 Å². The Morgan fingerprint density at radius 3 is 2.76 bits per heavy atom. The molecule has 17 heavy (non-hydrogen) atoms. The van der Waals surface area contributed by atoms with E-state index >= 15 is 0 Å². The number of aromatic nitrogens is 2. The Hall–Kier alpha value is -1.36. The third-order valence-corrected chi connectivity index (χ3v) is 2.82. The third kappa shape index (κ3) is 3.56. The van der Waals surface area contributed by atoms with Crippen LogP contribution in [0.5, 0.6) is 0 Å². The van der Waals surface area contributed by atoms with E-state index in [4.69, 9.17) is 0 Å². The molecule has 0 aliphatic carbocycles. The van der Waals surface area contributed by atoms with Gasteiger partial charge in [-0.3, -0.25) is 4.79 Å². The van der Waals surface area contributed by atoms with E-state index < -0.39 is 5.60 Å². The summed E-state index contributed by atoms with van der Waals surface area (Å²) in [5.74, 6) is 0.287. The summed E-state index contributed by atoms with van der Waals surface area (Å²) in [5.41, 5.74) is -0.985. The molecule has 5 heteroatoms. The van der Waals surface area contributed by atoms with Gasteiger partial charge in [0.15, 0.2) is 5.82 Å². The lowest BCUT2D eigenvalue weighted by molar-refractivity contribution is 0.0696. The normalized spacial score (nSPS) is 14.7. The average molecular weight is 239 g/mol. The first-order chi connectivity index (χ1) is 7.87. The molecule has 1 rings (SSSR count). The molecule has 5 nitrogen and oxygen atoms in total. The molecule has 0 radical (unpaired) electrons. The van der Waals surface area contributed by atoms with Crippen LogP contribution in [0.4, 0.5) is 5.82 Å². The number of aliphatic hydroxyl groups is 1. The number of rotatable bonds is 5. The quantitative estimate of drug-likeness (QED) is 0.815. The van der Waals surface area contributed by atoms with E-state index in [-0.39, 0.29) is 17.4 Å². The highest BCUT2D eigenvalue weighted by atomic mass is 16.3. The van der Waals surface area contributed by atoms with Crippen LogP contribution in [0.25, 0.3) is 0 Å². The van der Waals surface area contributed by atoms with Gasteiger partial charge in [0, 0.05) is 25.0 Å². The summed E-state index contributed by atoms with van der Waals surface area (Å²) in [7, 11) is 0. The van der Waals surface area contributed by atoms with Crippen molar-refractivity contribution in [2.75, 3.05) is 11.9 Å². The van der Waals surface area contributed by atoms with Crippen molar-refractivity contribution in [2.45, 2.75) is 45.8 Å². The molecule has 96 valence electrons. The lowest BCUT2D eigenvalue weighted by Crippen LogP contribution is -2.35. The average Bonchev–Trinajstić information content (AvgIpc) is 2.27. The van der Waals surface area contributed by atoms with Crippen molar-refractivity contribution >= 4 is 5.82 Å². The topological polar surface area (TPSA) is 67.2 Å². The van der Waals surface area contributed by atoms with E-state index in [0.29, 0.717) is 13.0 Å². The second-order valence-electron chi connectivity index (χ2n) is 4.79. The first-order valence-corrected chi connectivity index (χ1v) is 5.91. The second kappa shape index (κ2) is 5.31. The molecule has 1 atom stereocenters. The van der Waals surface area contributed by atoms with Gasteiger partial charge in [0.1, 0.15) is 0 Å². The van der Waals surface area contributed by atoms with Gasteiger partial charge in [-0.15, -0.1) is 0 Å². The highest BCUT2D eigenvalue weighted by Crippen LogP contribution is 2.09. The highest BCUT2D eigenvalue weighted by molar-refractivity contribution is 5.31. The molecule has 0 saturated carbocycles. The predicted molar refractivity (Wildman–Crippen MR) is 68.3 cm³/mol. The van der Waals surface area contributed by atoms with Crippen LogP contribution in [0.3, 0.4) is 0 Å². The van der Waals surface area contributed by atoms with Crippen LogP contribution >= 0.6 is 0 Å². The fraction of sp³-hybridized carbons (Fsp3) is 0.667. The zero-order valence-electron chi connectivity index (χ0n) is 10.9. The maximum atomic E-state index is 12.0. The van der Waals surface area contributed by atoms with Gasteiger partial charge in [-0.05, 0) is 27.2 Å². The highest BCUT2D eigenvalue weighted by Gasteiger charge is 2.18. The number of anilines is 1. The number of hydrogen-bond donors (Lipinski definition) is 2. The standard InChI is InChI=1S/C12H21N3O2/c1-5-12(4,17)8-14-10-11(16)15(9(2)3)7-6-13-10/h6-7,9,17H,5,8H2,1-4H3,(H,13,14). The summed E-state index contributed by atoms with van der Waals surface area (Å²) in [6.45, 7) is 7.81. The van der Waals surface area contributed by atoms with Gasteiger partial charge in [-0.1, -0.05) is 6.92 Å². The predicted octanol–water partition coefficient (Wildman–Crippen LogP) is 1.40. The summed E-state index contributed by atoms with van der Waals surface area (Å²) in [6, 6.07) is 0.0951. The Labute approximate surface area is 102 Å². The Bertz CT molecular complexity index is 424. The van der Waals surface area contributed by atoms with Crippen LogP contribution in [0.1, 0.15) is 40.2 Å². The largest absolute Gasteiger partial charge is 0.388 e. The minimum atomic E-state index is -0.827. The van der Waals surface area contributed by atoms with Crippen LogP contribution in [-0.4, -0.2) is 26.8 Å². The van der Waals surface area contributed by atoms with E-state index in [9.17, 15) is 9.90 Å². The summed E-state index contributed by atoms with van der Waals surface area (Å²) in [4.78, 5) is 16.0. The molecule has 0 aromatic carbocycles. The molecule has 2 N–H and O–H groups in total. The molecule has 0 amide bonds. The molecule has 0 aliphatic heterocycles. The number of nitrogens with zero attached hydrogens (tertiary/aromatic N) is 2. The molecule has 0 saturated heterocycles. The number of hydrogen-bond acceptors (Lipinski definition) is 4.